The number of benzene rings is 1. The van der Waals surface area contributed by atoms with Gasteiger partial charge in [0.1, 0.15) is 0 Å². The van der Waals surface area contributed by atoms with Gasteiger partial charge in [-0.15, -0.1) is 0 Å². The summed E-state index contributed by atoms with van der Waals surface area (Å²) in [5, 5.41) is 4.93. The van der Waals surface area contributed by atoms with Gasteiger partial charge in [-0.3, -0.25) is 14.0 Å². The molecular formula is C19H17F3N4O2. The number of pyridine rings is 1. The average Bonchev–Trinajstić information content (AvgIpc) is 3.00. The molecule has 146 valence electrons. The van der Waals surface area contributed by atoms with Crippen LogP contribution in [0.4, 0.5) is 18.9 Å². The number of carbonyl (C=O) groups is 2. The molecule has 1 aromatic carbocycles. The van der Waals surface area contributed by atoms with Crippen LogP contribution in [0.25, 0.3) is 5.52 Å². The van der Waals surface area contributed by atoms with E-state index in [4.69, 9.17) is 0 Å². The molecule has 3 aromatic rings. The highest BCUT2D eigenvalue weighted by Crippen LogP contribution is 2.34. The van der Waals surface area contributed by atoms with Crippen molar-refractivity contribution in [2.75, 3.05) is 5.32 Å². The normalized spacial score (nSPS) is 11.6. The molecule has 2 amide bonds. The van der Waals surface area contributed by atoms with Crippen LogP contribution in [0.15, 0.2) is 48.7 Å². The summed E-state index contributed by atoms with van der Waals surface area (Å²) in [7, 11) is 0. The van der Waals surface area contributed by atoms with E-state index >= 15 is 0 Å². The van der Waals surface area contributed by atoms with Crippen molar-refractivity contribution in [3.05, 3.63) is 65.7 Å². The quantitative estimate of drug-likeness (QED) is 0.713. The molecule has 9 heteroatoms. The maximum Gasteiger partial charge on any atom is 0.418 e. The van der Waals surface area contributed by atoms with Gasteiger partial charge in [0.2, 0.25) is 5.82 Å². The Morgan fingerprint density at radius 1 is 1.04 bits per heavy atom. The van der Waals surface area contributed by atoms with Gasteiger partial charge in [0.15, 0.2) is 5.69 Å². The standard InChI is InChI=1S/C19H17F3N4O2/c1-11(2)23-17(27)15-14-9-5-6-10-26(14)16(25-15)18(28)24-13-8-4-3-7-12(13)19(20,21)22/h3-11H,1-2H3,(H,23,27)(H,24,28). The van der Waals surface area contributed by atoms with Gasteiger partial charge in [0.05, 0.1) is 16.8 Å². The fourth-order valence-electron chi connectivity index (χ4n) is 2.71. The number of hydrogen-bond donors (Lipinski definition) is 2. The Bertz CT molecular complexity index is 1040. The number of halogens is 3. The van der Waals surface area contributed by atoms with Crippen LogP contribution in [0, 0.1) is 0 Å². The summed E-state index contributed by atoms with van der Waals surface area (Å²) in [6.45, 7) is 3.55. The molecule has 3 rings (SSSR count). The van der Waals surface area contributed by atoms with Crippen LogP contribution >= 0.6 is 0 Å². The van der Waals surface area contributed by atoms with Gasteiger partial charge in [-0.05, 0) is 38.1 Å². The third kappa shape index (κ3) is 3.83. The van der Waals surface area contributed by atoms with Crippen molar-refractivity contribution < 1.29 is 22.8 Å². The van der Waals surface area contributed by atoms with Crippen LogP contribution in [0.1, 0.15) is 40.5 Å². The van der Waals surface area contributed by atoms with Gasteiger partial charge in [-0.2, -0.15) is 13.2 Å². The first kappa shape index (κ1) is 19.4. The smallest absolute Gasteiger partial charge is 0.348 e. The van der Waals surface area contributed by atoms with Gasteiger partial charge >= 0.3 is 6.18 Å². The van der Waals surface area contributed by atoms with Crippen LogP contribution in [0.2, 0.25) is 0 Å². The van der Waals surface area contributed by atoms with Crippen LogP contribution in [0.3, 0.4) is 0 Å². The van der Waals surface area contributed by atoms with Gasteiger partial charge in [-0.25, -0.2) is 4.98 Å². The number of carbonyl (C=O) groups excluding carboxylic acids is 2. The van der Waals surface area contributed by atoms with Gasteiger partial charge < -0.3 is 10.6 Å². The lowest BCUT2D eigenvalue weighted by Crippen LogP contribution is -2.30. The van der Waals surface area contributed by atoms with Gasteiger partial charge in [-0.1, -0.05) is 18.2 Å². The van der Waals surface area contributed by atoms with E-state index in [1.54, 1.807) is 32.0 Å². The Hall–Kier alpha value is -3.36. The zero-order valence-electron chi connectivity index (χ0n) is 15.0. The van der Waals surface area contributed by atoms with E-state index in [1.807, 2.05) is 0 Å². The molecule has 28 heavy (non-hydrogen) atoms. The summed E-state index contributed by atoms with van der Waals surface area (Å²) in [4.78, 5) is 29.1. The maximum atomic E-state index is 13.2. The predicted molar refractivity (Wildman–Crippen MR) is 97.2 cm³/mol. The second kappa shape index (κ2) is 7.34. The Labute approximate surface area is 158 Å². The van der Waals surface area contributed by atoms with Crippen molar-refractivity contribution >= 4 is 23.0 Å². The second-order valence-electron chi connectivity index (χ2n) is 6.37. The number of anilines is 1. The molecule has 6 nitrogen and oxygen atoms in total. The summed E-state index contributed by atoms with van der Waals surface area (Å²) in [5.41, 5.74) is -0.971. The van der Waals surface area contributed by atoms with E-state index in [9.17, 15) is 22.8 Å². The highest BCUT2D eigenvalue weighted by atomic mass is 19.4. The van der Waals surface area contributed by atoms with Crippen LogP contribution < -0.4 is 10.6 Å². The number of alkyl halides is 3. The summed E-state index contributed by atoms with van der Waals surface area (Å²) < 4.78 is 40.8. The third-order valence-electron chi connectivity index (χ3n) is 3.87. The summed E-state index contributed by atoms with van der Waals surface area (Å²) in [6.07, 6.45) is -3.11. The molecule has 2 heterocycles. The zero-order valence-corrected chi connectivity index (χ0v) is 15.0. The number of fused-ring (bicyclic) bond motifs is 1. The van der Waals surface area contributed by atoms with Crippen LogP contribution in [0.5, 0.6) is 0 Å². The number of hydrogen-bond acceptors (Lipinski definition) is 3. The van der Waals surface area contributed by atoms with Crippen molar-refractivity contribution in [2.24, 2.45) is 0 Å². The lowest BCUT2D eigenvalue weighted by atomic mass is 10.1. The van der Waals surface area contributed by atoms with E-state index in [-0.39, 0.29) is 23.2 Å². The minimum atomic E-state index is -4.62. The van der Waals surface area contributed by atoms with E-state index in [2.05, 4.69) is 15.6 Å². The summed E-state index contributed by atoms with van der Waals surface area (Å²) in [6, 6.07) is 9.40. The highest BCUT2D eigenvalue weighted by molar-refractivity contribution is 6.06. The number of amides is 2. The van der Waals surface area contributed by atoms with Crippen molar-refractivity contribution in [3.63, 3.8) is 0 Å². The Morgan fingerprint density at radius 3 is 2.39 bits per heavy atom. The minimum Gasteiger partial charge on any atom is -0.348 e. The van der Waals surface area contributed by atoms with E-state index in [0.717, 1.165) is 12.1 Å². The Kier molecular flexibility index (Phi) is 5.08. The predicted octanol–water partition coefficient (Wildman–Crippen LogP) is 3.74. The molecule has 0 spiro atoms. The molecule has 0 radical (unpaired) electrons. The minimum absolute atomic E-state index is 0.0172. The number of aromatic nitrogens is 2. The lowest BCUT2D eigenvalue weighted by molar-refractivity contribution is -0.136. The van der Waals surface area contributed by atoms with Crippen LogP contribution in [-0.4, -0.2) is 27.2 Å². The molecule has 0 atom stereocenters. The fourth-order valence-corrected chi connectivity index (χ4v) is 2.71. The number of nitrogens with one attached hydrogen (secondary N) is 2. The maximum absolute atomic E-state index is 13.2. The van der Waals surface area contributed by atoms with Crippen molar-refractivity contribution in [1.82, 2.24) is 14.7 Å². The largest absolute Gasteiger partial charge is 0.418 e. The topological polar surface area (TPSA) is 75.5 Å². The van der Waals surface area contributed by atoms with Crippen molar-refractivity contribution in [1.29, 1.82) is 0 Å². The van der Waals surface area contributed by atoms with E-state index in [1.165, 1.54) is 22.7 Å². The first-order chi connectivity index (χ1) is 13.2. The molecule has 0 saturated heterocycles. The molecule has 2 aromatic heterocycles. The van der Waals surface area contributed by atoms with Crippen LogP contribution in [-0.2, 0) is 6.18 Å². The van der Waals surface area contributed by atoms with Crippen molar-refractivity contribution in [2.45, 2.75) is 26.1 Å². The number of imidazole rings is 1. The lowest BCUT2D eigenvalue weighted by Gasteiger charge is -2.13. The van der Waals surface area contributed by atoms with E-state index < -0.39 is 23.6 Å². The molecule has 0 unspecified atom stereocenters. The fraction of sp³-hybridized carbons (Fsp3) is 0.211. The van der Waals surface area contributed by atoms with Gasteiger partial charge in [0, 0.05) is 12.2 Å². The summed E-state index contributed by atoms with van der Waals surface area (Å²) in [5.74, 6) is -1.53. The highest BCUT2D eigenvalue weighted by Gasteiger charge is 2.34. The molecule has 0 aliphatic carbocycles. The zero-order chi connectivity index (χ0) is 20.5. The second-order valence-corrected chi connectivity index (χ2v) is 6.37. The molecular weight excluding hydrogens is 373 g/mol. The molecule has 0 bridgehead atoms. The summed E-state index contributed by atoms with van der Waals surface area (Å²) >= 11 is 0. The average molecular weight is 390 g/mol. The molecule has 0 saturated carbocycles. The molecule has 0 fully saturated rings. The third-order valence-corrected chi connectivity index (χ3v) is 3.87. The first-order valence-electron chi connectivity index (χ1n) is 8.44. The molecule has 2 N–H and O–H groups in total. The molecule has 0 aliphatic heterocycles. The SMILES string of the molecule is CC(C)NC(=O)c1nc(C(=O)Nc2ccccc2C(F)(F)F)n2ccccc12. The Balaban J connectivity index is 2.01. The number of para-hydroxylation sites is 1. The molecule has 0 aliphatic rings. The number of nitrogens with zero attached hydrogens (tertiary/aromatic N) is 2. The van der Waals surface area contributed by atoms with E-state index in [0.29, 0.717) is 5.52 Å². The number of rotatable bonds is 4. The first-order valence-corrected chi connectivity index (χ1v) is 8.44. The monoisotopic (exact) mass is 390 g/mol. The van der Waals surface area contributed by atoms with Gasteiger partial charge in [0.25, 0.3) is 11.8 Å². The Morgan fingerprint density at radius 2 is 1.71 bits per heavy atom. The van der Waals surface area contributed by atoms with Crippen molar-refractivity contribution in [3.8, 4) is 0 Å².